The van der Waals surface area contributed by atoms with Crippen molar-refractivity contribution in [1.82, 2.24) is 9.47 Å². The molecular weight excluding hydrogens is 445 g/mol. The first-order chi connectivity index (χ1) is 16.0. The molecule has 0 saturated carbocycles. The second-order valence-electron chi connectivity index (χ2n) is 9.50. The molecule has 0 atom stereocenters. The predicted octanol–water partition coefficient (Wildman–Crippen LogP) is 3.02. The van der Waals surface area contributed by atoms with Gasteiger partial charge in [0.1, 0.15) is 11.4 Å². The summed E-state index contributed by atoms with van der Waals surface area (Å²) in [5.41, 5.74) is -0.588. The molecule has 3 aromatic rings. The number of halogens is 1. The summed E-state index contributed by atoms with van der Waals surface area (Å²) in [7, 11) is 0. The molecule has 1 saturated heterocycles. The van der Waals surface area contributed by atoms with E-state index in [4.69, 9.17) is 8.83 Å². The van der Waals surface area contributed by atoms with Gasteiger partial charge in [-0.15, -0.1) is 0 Å². The summed E-state index contributed by atoms with van der Waals surface area (Å²) in [6.45, 7) is 10.8. The van der Waals surface area contributed by atoms with E-state index in [0.29, 0.717) is 62.0 Å². The SMILES string of the molecule is CCn1cc(C(=O)O)c(=O)c2cc(F)c(N3CCN(Cc4oc(=O)oc4C(C)(C)C)CC3)cc21. The highest BCUT2D eigenvalue weighted by Gasteiger charge is 2.29. The number of carboxylic acids is 1. The topological polar surface area (TPSA) is 109 Å². The average Bonchev–Trinajstić information content (AvgIpc) is 3.15. The van der Waals surface area contributed by atoms with Crippen LogP contribution in [0.5, 0.6) is 0 Å². The van der Waals surface area contributed by atoms with Gasteiger partial charge in [-0.05, 0) is 19.1 Å². The second kappa shape index (κ2) is 8.75. The summed E-state index contributed by atoms with van der Waals surface area (Å²) in [4.78, 5) is 39.7. The van der Waals surface area contributed by atoms with Crippen LogP contribution in [0.3, 0.4) is 0 Å². The predicted molar refractivity (Wildman–Crippen MR) is 124 cm³/mol. The third-order valence-corrected chi connectivity index (χ3v) is 6.13. The standard InChI is InChI=1S/C24H28FN3O6/c1-5-27-12-15(22(30)31)20(29)14-10-16(25)18(11-17(14)27)28-8-6-26(7-9-28)13-19-21(24(2,3)4)34-23(32)33-19/h10-12H,5-9,13H2,1-4H3,(H,30,31). The molecule has 0 unspecified atom stereocenters. The van der Waals surface area contributed by atoms with E-state index < -0.39 is 23.0 Å². The molecule has 1 aliphatic heterocycles. The summed E-state index contributed by atoms with van der Waals surface area (Å²) in [6.07, 6.45) is 1.30. The Balaban J connectivity index is 1.58. The Hall–Kier alpha value is -3.40. The number of hydrogen-bond acceptors (Lipinski definition) is 7. The number of hydrogen-bond donors (Lipinski definition) is 1. The Morgan fingerprint density at radius 1 is 1.12 bits per heavy atom. The first kappa shape index (κ1) is 23.7. The lowest BCUT2D eigenvalue weighted by atomic mass is 9.92. The first-order valence-corrected chi connectivity index (χ1v) is 11.2. The molecule has 0 aliphatic carbocycles. The molecule has 1 N–H and O–H groups in total. The minimum atomic E-state index is -1.34. The Morgan fingerprint density at radius 2 is 1.79 bits per heavy atom. The highest BCUT2D eigenvalue weighted by atomic mass is 19.1. The molecule has 0 radical (unpaired) electrons. The van der Waals surface area contributed by atoms with Gasteiger partial charge in [-0.1, -0.05) is 20.8 Å². The number of carbonyl (C=O) groups is 1. The van der Waals surface area contributed by atoms with E-state index in [2.05, 4.69) is 4.90 Å². The van der Waals surface area contributed by atoms with Crippen molar-refractivity contribution in [3.63, 3.8) is 0 Å². The molecule has 4 rings (SSSR count). The highest BCUT2D eigenvalue weighted by molar-refractivity contribution is 5.93. The van der Waals surface area contributed by atoms with Crippen LogP contribution >= 0.6 is 0 Å². The summed E-state index contributed by atoms with van der Waals surface area (Å²) in [5, 5.41) is 9.36. The lowest BCUT2D eigenvalue weighted by molar-refractivity contribution is 0.0695. The number of anilines is 1. The third-order valence-electron chi connectivity index (χ3n) is 6.13. The minimum Gasteiger partial charge on any atom is -0.477 e. The molecule has 3 heterocycles. The molecule has 1 aromatic carbocycles. The average molecular weight is 474 g/mol. The van der Waals surface area contributed by atoms with Gasteiger partial charge in [0.15, 0.2) is 11.5 Å². The number of benzene rings is 1. The van der Waals surface area contributed by atoms with E-state index >= 15 is 4.39 Å². The first-order valence-electron chi connectivity index (χ1n) is 11.2. The molecule has 0 bridgehead atoms. The summed E-state index contributed by atoms with van der Waals surface area (Å²) in [6, 6.07) is 2.75. The van der Waals surface area contributed by atoms with Crippen molar-refractivity contribution in [3.05, 3.63) is 62.1 Å². The molecule has 9 nitrogen and oxygen atoms in total. The van der Waals surface area contributed by atoms with Crippen molar-refractivity contribution in [1.29, 1.82) is 0 Å². The Kier molecular flexibility index (Phi) is 6.11. The van der Waals surface area contributed by atoms with Crippen LogP contribution in [0.2, 0.25) is 0 Å². The lowest BCUT2D eigenvalue weighted by Crippen LogP contribution is -2.46. The molecule has 0 spiro atoms. The fourth-order valence-corrected chi connectivity index (χ4v) is 4.39. The van der Waals surface area contributed by atoms with Gasteiger partial charge in [-0.25, -0.2) is 14.0 Å². The van der Waals surface area contributed by atoms with Crippen molar-refractivity contribution in [2.75, 3.05) is 31.1 Å². The van der Waals surface area contributed by atoms with Crippen LogP contribution in [0, 0.1) is 5.82 Å². The highest BCUT2D eigenvalue weighted by Crippen LogP contribution is 2.28. The zero-order chi connectivity index (χ0) is 24.8. The fourth-order valence-electron chi connectivity index (χ4n) is 4.39. The number of rotatable bonds is 5. The quantitative estimate of drug-likeness (QED) is 0.602. The van der Waals surface area contributed by atoms with Gasteiger partial charge in [0.25, 0.3) is 0 Å². The van der Waals surface area contributed by atoms with Gasteiger partial charge in [-0.3, -0.25) is 9.69 Å². The van der Waals surface area contributed by atoms with Crippen molar-refractivity contribution >= 4 is 22.6 Å². The van der Waals surface area contributed by atoms with Gasteiger partial charge < -0.3 is 23.4 Å². The van der Waals surface area contributed by atoms with E-state index in [1.54, 1.807) is 10.6 Å². The van der Waals surface area contributed by atoms with Gasteiger partial charge in [0.05, 0.1) is 17.7 Å². The van der Waals surface area contributed by atoms with E-state index in [1.165, 1.54) is 6.20 Å². The zero-order valence-electron chi connectivity index (χ0n) is 19.7. The molecule has 1 fully saturated rings. The molecular formula is C24H28FN3O6. The number of nitrogens with zero attached hydrogens (tertiary/aromatic N) is 3. The maximum Gasteiger partial charge on any atom is 0.519 e. The smallest absolute Gasteiger partial charge is 0.477 e. The van der Waals surface area contributed by atoms with Gasteiger partial charge >= 0.3 is 11.8 Å². The van der Waals surface area contributed by atoms with Crippen molar-refractivity contribution in [3.8, 4) is 0 Å². The molecule has 182 valence electrons. The van der Waals surface area contributed by atoms with Crippen molar-refractivity contribution < 1.29 is 23.1 Å². The van der Waals surface area contributed by atoms with Gasteiger partial charge in [0, 0.05) is 49.7 Å². The molecule has 0 amide bonds. The van der Waals surface area contributed by atoms with Gasteiger partial charge in [0.2, 0.25) is 5.43 Å². The van der Waals surface area contributed by atoms with Crippen molar-refractivity contribution in [2.24, 2.45) is 0 Å². The lowest BCUT2D eigenvalue weighted by Gasteiger charge is -2.36. The van der Waals surface area contributed by atoms with Crippen LogP contribution in [-0.2, 0) is 18.5 Å². The normalized spacial score (nSPS) is 15.3. The van der Waals surface area contributed by atoms with E-state index in [9.17, 15) is 19.5 Å². The summed E-state index contributed by atoms with van der Waals surface area (Å²) in [5.74, 6) is -1.59. The van der Waals surface area contributed by atoms with E-state index in [-0.39, 0.29) is 16.4 Å². The second-order valence-corrected chi connectivity index (χ2v) is 9.50. The van der Waals surface area contributed by atoms with Crippen LogP contribution in [0.25, 0.3) is 10.9 Å². The number of aromatic carboxylic acids is 1. The van der Waals surface area contributed by atoms with Crippen LogP contribution in [-0.4, -0.2) is 46.7 Å². The monoisotopic (exact) mass is 473 g/mol. The van der Waals surface area contributed by atoms with Crippen LogP contribution in [0.15, 0.2) is 36.8 Å². The maximum absolute atomic E-state index is 15.1. The molecule has 1 aliphatic rings. The Bertz CT molecular complexity index is 1360. The molecule has 2 aromatic heterocycles. The van der Waals surface area contributed by atoms with Crippen LogP contribution in [0.4, 0.5) is 10.1 Å². The summed E-state index contributed by atoms with van der Waals surface area (Å²) < 4.78 is 27.2. The number of piperazine rings is 1. The van der Waals surface area contributed by atoms with Gasteiger partial charge in [-0.2, -0.15) is 0 Å². The van der Waals surface area contributed by atoms with E-state index in [0.717, 1.165) is 6.07 Å². The largest absolute Gasteiger partial charge is 0.519 e. The maximum atomic E-state index is 15.1. The van der Waals surface area contributed by atoms with Crippen LogP contribution < -0.4 is 16.2 Å². The molecule has 34 heavy (non-hydrogen) atoms. The van der Waals surface area contributed by atoms with Crippen molar-refractivity contribution in [2.45, 2.75) is 46.2 Å². The zero-order valence-corrected chi connectivity index (χ0v) is 19.7. The number of carboxylic acid groups (broad SMARTS) is 1. The fraction of sp³-hybridized carbons (Fsp3) is 0.458. The number of pyridine rings is 1. The minimum absolute atomic E-state index is 0.0475. The summed E-state index contributed by atoms with van der Waals surface area (Å²) >= 11 is 0. The number of fused-ring (bicyclic) bond motifs is 1. The number of aromatic nitrogens is 1. The Labute approximate surface area is 195 Å². The molecule has 10 heteroatoms. The van der Waals surface area contributed by atoms with Crippen LogP contribution in [0.1, 0.15) is 49.6 Å². The Morgan fingerprint density at radius 3 is 2.38 bits per heavy atom. The van der Waals surface area contributed by atoms with E-state index in [1.807, 2.05) is 32.6 Å². The number of aryl methyl sites for hydroxylation is 1. The third kappa shape index (κ3) is 4.37.